The molecule has 0 unspecified atom stereocenters. The van der Waals surface area contributed by atoms with Gasteiger partial charge in [0.25, 0.3) is 0 Å². The first-order valence-electron chi connectivity index (χ1n) is 3.45. The molecular formula is C7H16N2. The van der Waals surface area contributed by atoms with Crippen molar-refractivity contribution in [3.8, 4) is 0 Å². The van der Waals surface area contributed by atoms with Crippen LogP contribution in [-0.2, 0) is 0 Å². The second-order valence-corrected chi connectivity index (χ2v) is 2.20. The van der Waals surface area contributed by atoms with Crippen molar-refractivity contribution in [2.75, 3.05) is 0 Å². The van der Waals surface area contributed by atoms with Gasteiger partial charge in [-0.05, 0) is 12.8 Å². The van der Waals surface area contributed by atoms with Gasteiger partial charge in [0.2, 0.25) is 0 Å². The molecule has 0 atom stereocenters. The van der Waals surface area contributed by atoms with Gasteiger partial charge in [0.1, 0.15) is 0 Å². The van der Waals surface area contributed by atoms with Crippen LogP contribution in [0.2, 0.25) is 0 Å². The molecule has 0 saturated heterocycles. The van der Waals surface area contributed by atoms with Gasteiger partial charge in [-0.25, -0.2) is 0 Å². The summed E-state index contributed by atoms with van der Waals surface area (Å²) < 4.78 is 0. The highest BCUT2D eigenvalue weighted by molar-refractivity contribution is 4.87. The van der Waals surface area contributed by atoms with E-state index in [1.54, 1.807) is 0 Å². The molecule has 54 valence electrons. The molecule has 0 spiro atoms. The molecule has 2 nitrogen and oxygen atoms in total. The quantitative estimate of drug-likeness (QED) is 0.335. The zero-order chi connectivity index (χ0) is 7.11. The molecule has 0 saturated carbocycles. The van der Waals surface area contributed by atoms with Crippen LogP contribution in [0, 0.1) is 0 Å². The SMILES string of the molecule is C=C(CCCCC)NN. The van der Waals surface area contributed by atoms with E-state index in [-0.39, 0.29) is 0 Å². The third-order valence-corrected chi connectivity index (χ3v) is 1.29. The number of allylic oxidation sites excluding steroid dienone is 1. The summed E-state index contributed by atoms with van der Waals surface area (Å²) in [5.74, 6) is 5.10. The van der Waals surface area contributed by atoms with Gasteiger partial charge < -0.3 is 5.43 Å². The summed E-state index contributed by atoms with van der Waals surface area (Å²) in [7, 11) is 0. The molecule has 0 rings (SSSR count). The first kappa shape index (κ1) is 8.50. The Morgan fingerprint density at radius 2 is 2.22 bits per heavy atom. The zero-order valence-corrected chi connectivity index (χ0v) is 6.11. The van der Waals surface area contributed by atoms with E-state index in [1.807, 2.05) is 0 Å². The fraction of sp³-hybridized carbons (Fsp3) is 0.714. The first-order chi connectivity index (χ1) is 4.31. The van der Waals surface area contributed by atoms with Crippen LogP contribution in [0.5, 0.6) is 0 Å². The summed E-state index contributed by atoms with van der Waals surface area (Å²) in [5.41, 5.74) is 3.46. The summed E-state index contributed by atoms with van der Waals surface area (Å²) in [6.45, 7) is 5.89. The molecule has 3 N–H and O–H groups in total. The number of rotatable bonds is 5. The van der Waals surface area contributed by atoms with Gasteiger partial charge in [-0.2, -0.15) is 0 Å². The Labute approximate surface area is 57.1 Å². The second-order valence-electron chi connectivity index (χ2n) is 2.20. The van der Waals surface area contributed by atoms with Crippen LogP contribution in [0.15, 0.2) is 12.3 Å². The monoisotopic (exact) mass is 128 g/mol. The topological polar surface area (TPSA) is 38.0 Å². The summed E-state index contributed by atoms with van der Waals surface area (Å²) >= 11 is 0. The Morgan fingerprint density at radius 1 is 1.56 bits per heavy atom. The smallest absolute Gasteiger partial charge is 0.0187 e. The summed E-state index contributed by atoms with van der Waals surface area (Å²) in [5, 5.41) is 0. The minimum atomic E-state index is 0.934. The highest BCUT2D eigenvalue weighted by Crippen LogP contribution is 2.02. The molecule has 0 aliphatic heterocycles. The maximum atomic E-state index is 5.10. The van der Waals surface area contributed by atoms with E-state index in [1.165, 1.54) is 19.3 Å². The normalized spacial score (nSPS) is 9.11. The molecule has 0 amide bonds. The van der Waals surface area contributed by atoms with Crippen molar-refractivity contribution in [2.24, 2.45) is 5.84 Å². The molecule has 0 aromatic heterocycles. The van der Waals surface area contributed by atoms with E-state index in [4.69, 9.17) is 5.84 Å². The Morgan fingerprint density at radius 3 is 2.67 bits per heavy atom. The van der Waals surface area contributed by atoms with Gasteiger partial charge in [0, 0.05) is 5.70 Å². The van der Waals surface area contributed by atoms with Gasteiger partial charge in [0.05, 0.1) is 0 Å². The summed E-state index contributed by atoms with van der Waals surface area (Å²) in [4.78, 5) is 0. The molecule has 0 radical (unpaired) electrons. The van der Waals surface area contributed by atoms with Gasteiger partial charge in [-0.1, -0.05) is 26.3 Å². The predicted molar refractivity (Wildman–Crippen MR) is 40.6 cm³/mol. The largest absolute Gasteiger partial charge is 0.329 e. The van der Waals surface area contributed by atoms with Crippen LogP contribution >= 0.6 is 0 Å². The molecule has 9 heavy (non-hydrogen) atoms. The van der Waals surface area contributed by atoms with Crippen molar-refractivity contribution >= 4 is 0 Å². The predicted octanol–water partition coefficient (Wildman–Crippen LogP) is 1.54. The first-order valence-corrected chi connectivity index (χ1v) is 3.45. The molecule has 0 bridgehead atoms. The molecule has 0 aromatic rings. The van der Waals surface area contributed by atoms with E-state index in [0.29, 0.717) is 0 Å². The van der Waals surface area contributed by atoms with Crippen LogP contribution in [-0.4, -0.2) is 0 Å². The fourth-order valence-electron chi connectivity index (χ4n) is 0.661. The van der Waals surface area contributed by atoms with Crippen LogP contribution in [0.4, 0.5) is 0 Å². The van der Waals surface area contributed by atoms with Crippen LogP contribution < -0.4 is 11.3 Å². The number of hydrogen-bond donors (Lipinski definition) is 2. The highest BCUT2D eigenvalue weighted by Gasteiger charge is 1.88. The van der Waals surface area contributed by atoms with E-state index < -0.39 is 0 Å². The van der Waals surface area contributed by atoms with Gasteiger partial charge in [-0.3, -0.25) is 5.84 Å². The number of hydrogen-bond acceptors (Lipinski definition) is 2. The van der Waals surface area contributed by atoms with E-state index in [0.717, 1.165) is 12.1 Å². The van der Waals surface area contributed by atoms with Crippen LogP contribution in [0.3, 0.4) is 0 Å². The molecule has 0 fully saturated rings. The van der Waals surface area contributed by atoms with Crippen molar-refractivity contribution in [1.82, 2.24) is 5.43 Å². The molecule has 0 aliphatic rings. The van der Waals surface area contributed by atoms with E-state index in [9.17, 15) is 0 Å². The van der Waals surface area contributed by atoms with Crippen LogP contribution in [0.1, 0.15) is 32.6 Å². The van der Waals surface area contributed by atoms with E-state index >= 15 is 0 Å². The number of hydrazine groups is 1. The highest BCUT2D eigenvalue weighted by atomic mass is 15.2. The lowest BCUT2D eigenvalue weighted by Gasteiger charge is -2.01. The Kier molecular flexibility index (Phi) is 5.32. The third-order valence-electron chi connectivity index (χ3n) is 1.29. The average Bonchev–Trinajstić information content (AvgIpc) is 1.89. The Balaban J connectivity index is 2.97. The average molecular weight is 128 g/mol. The van der Waals surface area contributed by atoms with Gasteiger partial charge >= 0.3 is 0 Å². The summed E-state index contributed by atoms with van der Waals surface area (Å²) in [6, 6.07) is 0. The minimum absolute atomic E-state index is 0.934. The standard InChI is InChI=1S/C7H16N2/c1-3-4-5-6-7(2)9-8/h9H,2-6,8H2,1H3. The van der Waals surface area contributed by atoms with E-state index in [2.05, 4.69) is 18.9 Å². The lowest BCUT2D eigenvalue weighted by molar-refractivity contribution is 0.679. The van der Waals surface area contributed by atoms with Gasteiger partial charge in [-0.15, -0.1) is 0 Å². The molecule has 0 aliphatic carbocycles. The van der Waals surface area contributed by atoms with Gasteiger partial charge in [0.15, 0.2) is 0 Å². The number of nitrogens with two attached hydrogens (primary N) is 1. The Bertz CT molecular complexity index is 79.0. The third kappa shape index (κ3) is 5.37. The van der Waals surface area contributed by atoms with Crippen molar-refractivity contribution in [2.45, 2.75) is 32.6 Å². The fourth-order valence-corrected chi connectivity index (χ4v) is 0.661. The maximum Gasteiger partial charge on any atom is 0.0187 e. The molecular weight excluding hydrogens is 112 g/mol. The maximum absolute atomic E-state index is 5.10. The van der Waals surface area contributed by atoms with Crippen LogP contribution in [0.25, 0.3) is 0 Å². The lowest BCUT2D eigenvalue weighted by atomic mass is 10.2. The van der Waals surface area contributed by atoms with Crippen molar-refractivity contribution in [3.63, 3.8) is 0 Å². The minimum Gasteiger partial charge on any atom is -0.329 e. The van der Waals surface area contributed by atoms with Crippen molar-refractivity contribution < 1.29 is 0 Å². The summed E-state index contributed by atoms with van der Waals surface area (Å²) in [6.07, 6.45) is 4.71. The van der Waals surface area contributed by atoms with Crippen molar-refractivity contribution in [1.29, 1.82) is 0 Å². The Hall–Kier alpha value is -0.500. The molecule has 0 aromatic carbocycles. The lowest BCUT2D eigenvalue weighted by Crippen LogP contribution is -2.19. The molecule has 0 heterocycles. The second kappa shape index (κ2) is 5.63. The van der Waals surface area contributed by atoms with Crippen molar-refractivity contribution in [3.05, 3.63) is 12.3 Å². The number of nitrogens with one attached hydrogen (secondary N) is 1. The number of unbranched alkanes of at least 4 members (excludes halogenated alkanes) is 2. The zero-order valence-electron chi connectivity index (χ0n) is 6.11. The molecule has 2 heteroatoms.